The van der Waals surface area contributed by atoms with Crippen molar-refractivity contribution in [3.05, 3.63) is 68.0 Å². The molecule has 0 saturated carbocycles. The summed E-state index contributed by atoms with van der Waals surface area (Å²) in [6.07, 6.45) is 0. The third-order valence-electron chi connectivity index (χ3n) is 3.97. The molecule has 1 heterocycles. The van der Waals surface area contributed by atoms with E-state index in [0.717, 1.165) is 9.13 Å². The van der Waals surface area contributed by atoms with Crippen molar-refractivity contribution in [2.45, 2.75) is 30.8 Å². The minimum atomic E-state index is -0.458. The molecule has 0 radical (unpaired) electrons. The molecule has 0 bridgehead atoms. The van der Waals surface area contributed by atoms with Crippen molar-refractivity contribution in [1.29, 1.82) is 0 Å². The van der Waals surface area contributed by atoms with Gasteiger partial charge in [0.2, 0.25) is 0 Å². The lowest BCUT2D eigenvalue weighted by Crippen LogP contribution is -2.26. The summed E-state index contributed by atoms with van der Waals surface area (Å²) < 4.78 is 7.70. The number of hydrogen-bond donors (Lipinski definition) is 0. The second-order valence-corrected chi connectivity index (χ2v) is 8.50. The number of hydrogen-bond acceptors (Lipinski definition) is 5. The number of nitrogens with zero attached hydrogens (tertiary/aromatic N) is 2. The number of aromatic nitrogens is 2. The summed E-state index contributed by atoms with van der Waals surface area (Å²) >= 11 is 3.43. The molecule has 0 aliphatic rings. The fraction of sp³-hybridized carbons (Fsp3) is 0.250. The maximum Gasteiger partial charge on any atom is 0.319 e. The van der Waals surface area contributed by atoms with E-state index in [2.05, 4.69) is 27.6 Å². The van der Waals surface area contributed by atoms with E-state index < -0.39 is 5.25 Å². The van der Waals surface area contributed by atoms with Crippen molar-refractivity contribution >= 4 is 51.2 Å². The Morgan fingerprint density at radius 1 is 1.26 bits per heavy atom. The van der Waals surface area contributed by atoms with Gasteiger partial charge in [0, 0.05) is 3.57 Å². The number of halogens is 1. The van der Waals surface area contributed by atoms with Gasteiger partial charge in [-0.2, -0.15) is 0 Å². The van der Waals surface area contributed by atoms with Crippen LogP contribution in [-0.4, -0.2) is 27.4 Å². The molecule has 3 aromatic rings. The molecule has 0 aliphatic carbocycles. The van der Waals surface area contributed by atoms with E-state index in [1.54, 1.807) is 18.4 Å². The second-order valence-electron chi connectivity index (χ2n) is 5.94. The van der Waals surface area contributed by atoms with E-state index in [4.69, 9.17) is 4.74 Å². The zero-order chi connectivity index (χ0) is 19.4. The van der Waals surface area contributed by atoms with E-state index in [1.807, 2.05) is 48.5 Å². The first-order chi connectivity index (χ1) is 13.0. The maximum absolute atomic E-state index is 13.2. The molecule has 5 nitrogen and oxygen atoms in total. The third kappa shape index (κ3) is 4.70. The van der Waals surface area contributed by atoms with Crippen LogP contribution in [0.3, 0.4) is 0 Å². The zero-order valence-corrected chi connectivity index (χ0v) is 18.0. The van der Waals surface area contributed by atoms with Crippen molar-refractivity contribution in [3.63, 3.8) is 0 Å². The lowest BCUT2D eigenvalue weighted by molar-refractivity contribution is -0.142. The highest BCUT2D eigenvalue weighted by atomic mass is 127. The summed E-state index contributed by atoms with van der Waals surface area (Å²) in [5.41, 5.74) is 1.52. The topological polar surface area (TPSA) is 61.2 Å². The van der Waals surface area contributed by atoms with Gasteiger partial charge in [-0.3, -0.25) is 14.2 Å². The van der Waals surface area contributed by atoms with E-state index >= 15 is 0 Å². The van der Waals surface area contributed by atoms with Gasteiger partial charge in [0.25, 0.3) is 5.56 Å². The van der Waals surface area contributed by atoms with E-state index in [9.17, 15) is 9.59 Å². The maximum atomic E-state index is 13.2. The largest absolute Gasteiger partial charge is 0.465 e. The molecule has 0 saturated heterocycles. The molecular formula is C20H19IN2O3S. The number of carbonyl (C=O) groups excluding carboxylic acids is 1. The average Bonchev–Trinajstić information content (AvgIpc) is 2.66. The molecule has 0 amide bonds. The second kappa shape index (κ2) is 8.88. The molecule has 0 N–H and O–H groups in total. The molecule has 0 unspecified atom stereocenters. The van der Waals surface area contributed by atoms with Crippen LogP contribution >= 0.6 is 34.4 Å². The fourth-order valence-corrected chi connectivity index (χ4v) is 4.03. The third-order valence-corrected chi connectivity index (χ3v) is 5.70. The normalized spacial score (nSPS) is 12.1. The number of carbonyl (C=O) groups is 1. The quantitative estimate of drug-likeness (QED) is 0.224. The molecule has 140 valence electrons. The minimum Gasteiger partial charge on any atom is -0.465 e. The Morgan fingerprint density at radius 3 is 2.70 bits per heavy atom. The van der Waals surface area contributed by atoms with Gasteiger partial charge in [-0.1, -0.05) is 42.1 Å². The first-order valence-corrected chi connectivity index (χ1v) is 10.5. The summed E-state index contributed by atoms with van der Waals surface area (Å²) in [6.45, 7) is 4.26. The molecule has 0 aliphatic heterocycles. The highest BCUT2D eigenvalue weighted by Crippen LogP contribution is 2.24. The van der Waals surface area contributed by atoms with E-state index in [1.165, 1.54) is 11.8 Å². The smallest absolute Gasteiger partial charge is 0.319 e. The van der Waals surface area contributed by atoms with Gasteiger partial charge in [-0.15, -0.1) is 0 Å². The molecule has 1 atom stereocenters. The first-order valence-electron chi connectivity index (χ1n) is 8.57. The first kappa shape index (κ1) is 19.9. The van der Waals surface area contributed by atoms with Gasteiger partial charge in [0.05, 0.1) is 24.1 Å². The van der Waals surface area contributed by atoms with Crippen molar-refractivity contribution < 1.29 is 9.53 Å². The van der Waals surface area contributed by atoms with Gasteiger partial charge in [-0.25, -0.2) is 4.98 Å². The van der Waals surface area contributed by atoms with Crippen LogP contribution in [0.15, 0.2) is 58.5 Å². The van der Waals surface area contributed by atoms with Crippen LogP contribution < -0.4 is 5.56 Å². The number of fused-ring (bicyclic) bond motifs is 1. The van der Waals surface area contributed by atoms with Crippen molar-refractivity contribution in [1.82, 2.24) is 9.55 Å². The number of benzene rings is 2. The zero-order valence-electron chi connectivity index (χ0n) is 15.0. The number of esters is 1. The lowest BCUT2D eigenvalue weighted by Gasteiger charge is -2.16. The molecule has 2 aromatic carbocycles. The summed E-state index contributed by atoms with van der Waals surface area (Å²) in [5, 5.41) is 0.629. The minimum absolute atomic E-state index is 0.110. The molecule has 0 spiro atoms. The molecule has 27 heavy (non-hydrogen) atoms. The van der Waals surface area contributed by atoms with Crippen LogP contribution in [-0.2, 0) is 16.1 Å². The van der Waals surface area contributed by atoms with E-state index in [-0.39, 0.29) is 11.5 Å². The molecular weight excluding hydrogens is 475 g/mol. The van der Waals surface area contributed by atoms with Crippen LogP contribution in [0.25, 0.3) is 10.9 Å². The Hall–Kier alpha value is -1.87. The van der Waals surface area contributed by atoms with Crippen LogP contribution in [0, 0.1) is 3.57 Å². The molecule has 0 fully saturated rings. The van der Waals surface area contributed by atoms with Gasteiger partial charge < -0.3 is 4.74 Å². The monoisotopic (exact) mass is 494 g/mol. The molecule has 7 heteroatoms. The predicted octanol–water partition coefficient (Wildman–Crippen LogP) is 4.09. The van der Waals surface area contributed by atoms with E-state index in [0.29, 0.717) is 29.2 Å². The average molecular weight is 494 g/mol. The Bertz CT molecular complexity index is 1020. The molecule has 3 rings (SSSR count). The van der Waals surface area contributed by atoms with Gasteiger partial charge in [-0.05, 0) is 60.2 Å². The SMILES string of the molecule is CCOC(=O)[C@@H](C)Sc1nc2ccc(I)cc2c(=O)n1Cc1ccccc1. The summed E-state index contributed by atoms with van der Waals surface area (Å²) in [4.78, 5) is 29.9. The Kier molecular flexibility index (Phi) is 6.54. The van der Waals surface area contributed by atoms with Gasteiger partial charge in [0.15, 0.2) is 5.16 Å². The highest BCUT2D eigenvalue weighted by Gasteiger charge is 2.20. The van der Waals surface area contributed by atoms with Crippen molar-refractivity contribution in [3.8, 4) is 0 Å². The standard InChI is InChI=1S/C20H19IN2O3S/c1-3-26-19(25)13(2)27-20-22-17-10-9-15(21)11-16(17)18(24)23(20)12-14-7-5-4-6-8-14/h4-11,13H,3,12H2,1-2H3/t13-/m1/s1. The lowest BCUT2D eigenvalue weighted by atomic mass is 10.2. The Balaban J connectivity index is 2.09. The Morgan fingerprint density at radius 2 is 2.00 bits per heavy atom. The van der Waals surface area contributed by atoms with Crippen molar-refractivity contribution in [2.24, 2.45) is 0 Å². The predicted molar refractivity (Wildman–Crippen MR) is 116 cm³/mol. The summed E-state index contributed by atoms with van der Waals surface area (Å²) in [5.74, 6) is -0.314. The van der Waals surface area contributed by atoms with Crippen molar-refractivity contribution in [2.75, 3.05) is 6.61 Å². The summed E-state index contributed by atoms with van der Waals surface area (Å²) in [6, 6.07) is 15.3. The number of rotatable bonds is 6. The highest BCUT2D eigenvalue weighted by molar-refractivity contribution is 14.1. The molecule has 1 aromatic heterocycles. The number of thioether (sulfide) groups is 1. The van der Waals surface area contributed by atoms with Crippen LogP contribution in [0.4, 0.5) is 0 Å². The van der Waals surface area contributed by atoms with Crippen LogP contribution in [0.2, 0.25) is 0 Å². The fourth-order valence-electron chi connectivity index (χ4n) is 2.63. The van der Waals surface area contributed by atoms with Crippen LogP contribution in [0.5, 0.6) is 0 Å². The van der Waals surface area contributed by atoms with Gasteiger partial charge >= 0.3 is 5.97 Å². The summed E-state index contributed by atoms with van der Waals surface area (Å²) in [7, 11) is 0. The Labute approximate surface area is 175 Å². The van der Waals surface area contributed by atoms with Crippen LogP contribution in [0.1, 0.15) is 19.4 Å². The van der Waals surface area contributed by atoms with Gasteiger partial charge in [0.1, 0.15) is 5.25 Å². The number of ether oxygens (including phenoxy) is 1.